The van der Waals surface area contributed by atoms with E-state index in [1.165, 1.54) is 11.1 Å². The minimum atomic E-state index is -1.01. The fourth-order valence-corrected chi connectivity index (χ4v) is 4.41. The first-order valence-electron chi connectivity index (χ1n) is 7.15. The van der Waals surface area contributed by atoms with Crippen molar-refractivity contribution in [2.75, 3.05) is 13.7 Å². The summed E-state index contributed by atoms with van der Waals surface area (Å²) in [5.74, 6) is -0.397. The van der Waals surface area contributed by atoms with Crippen LogP contribution in [0, 0.1) is 17.8 Å². The van der Waals surface area contributed by atoms with Gasteiger partial charge in [-0.2, -0.15) is 0 Å². The third kappa shape index (κ3) is 1.30. The number of hydrogen-bond acceptors (Lipinski definition) is 3. The third-order valence-electron chi connectivity index (χ3n) is 5.26. The minimum absolute atomic E-state index is 0.0511. The van der Waals surface area contributed by atoms with Crippen LogP contribution in [0.25, 0.3) is 0 Å². The van der Waals surface area contributed by atoms with E-state index in [1.807, 2.05) is 18.2 Å². The largest absolute Gasteiger partial charge is 0.347 e. The molecule has 3 aliphatic carbocycles. The molecule has 0 radical (unpaired) electrons. The second-order valence-corrected chi connectivity index (χ2v) is 6.06. The van der Waals surface area contributed by atoms with Gasteiger partial charge in [0.05, 0.1) is 12.5 Å². The van der Waals surface area contributed by atoms with Crippen LogP contribution in [0.4, 0.5) is 0 Å². The Kier molecular flexibility index (Phi) is 2.48. The van der Waals surface area contributed by atoms with Gasteiger partial charge in [0, 0.05) is 24.9 Å². The van der Waals surface area contributed by atoms with E-state index < -0.39 is 5.79 Å². The standard InChI is InChI=1S/C17H18O3/c1-10-8-13-12-9-20-17(13,19-2)16(18)14(10)15(12)11-6-4-3-5-7-11/h3-8,12-15H,9H2,1-2H3/t12-,13+,14-,15+,17+/m1/s1. The van der Waals surface area contributed by atoms with Crippen molar-refractivity contribution in [1.82, 2.24) is 0 Å². The zero-order chi connectivity index (χ0) is 13.9. The van der Waals surface area contributed by atoms with Crippen LogP contribution in [0.1, 0.15) is 18.4 Å². The predicted octanol–water partition coefficient (Wildman–Crippen LogP) is 2.53. The molecular weight excluding hydrogens is 252 g/mol. The van der Waals surface area contributed by atoms with E-state index in [4.69, 9.17) is 9.47 Å². The Hall–Kier alpha value is -1.45. The van der Waals surface area contributed by atoms with E-state index in [0.717, 1.165) is 0 Å². The van der Waals surface area contributed by atoms with Gasteiger partial charge in [0.1, 0.15) is 0 Å². The monoisotopic (exact) mass is 270 g/mol. The molecule has 0 unspecified atom stereocenters. The van der Waals surface area contributed by atoms with E-state index >= 15 is 0 Å². The molecule has 5 rings (SSSR count). The molecule has 3 heteroatoms. The normalized spacial score (nSPS) is 41.9. The van der Waals surface area contributed by atoms with Crippen molar-refractivity contribution < 1.29 is 14.3 Å². The van der Waals surface area contributed by atoms with Gasteiger partial charge < -0.3 is 9.47 Å². The molecule has 2 fully saturated rings. The van der Waals surface area contributed by atoms with Crippen LogP contribution in [-0.4, -0.2) is 25.3 Å². The van der Waals surface area contributed by atoms with E-state index in [2.05, 4.69) is 25.1 Å². The number of benzene rings is 1. The molecule has 104 valence electrons. The molecule has 0 aromatic heterocycles. The number of carbonyl (C=O) groups is 1. The fourth-order valence-electron chi connectivity index (χ4n) is 4.41. The van der Waals surface area contributed by atoms with Crippen LogP contribution in [0.3, 0.4) is 0 Å². The highest BCUT2D eigenvalue weighted by molar-refractivity contribution is 5.95. The predicted molar refractivity (Wildman–Crippen MR) is 74.1 cm³/mol. The van der Waals surface area contributed by atoms with Crippen molar-refractivity contribution in [3.63, 3.8) is 0 Å². The number of allylic oxidation sites excluding steroid dienone is 1. The lowest BCUT2D eigenvalue weighted by molar-refractivity contribution is -0.216. The van der Waals surface area contributed by atoms with E-state index in [0.29, 0.717) is 12.5 Å². The Morgan fingerprint density at radius 2 is 2.05 bits per heavy atom. The van der Waals surface area contributed by atoms with Crippen LogP contribution < -0.4 is 0 Å². The van der Waals surface area contributed by atoms with Gasteiger partial charge >= 0.3 is 0 Å². The summed E-state index contributed by atoms with van der Waals surface area (Å²) in [4.78, 5) is 12.9. The smallest absolute Gasteiger partial charge is 0.236 e. The quantitative estimate of drug-likeness (QED) is 0.775. The van der Waals surface area contributed by atoms with Gasteiger partial charge in [-0.1, -0.05) is 42.0 Å². The van der Waals surface area contributed by atoms with Crippen LogP contribution in [0.5, 0.6) is 0 Å². The maximum Gasteiger partial charge on any atom is 0.236 e. The van der Waals surface area contributed by atoms with Crippen molar-refractivity contribution in [2.45, 2.75) is 18.6 Å². The van der Waals surface area contributed by atoms with Gasteiger partial charge in [0.2, 0.25) is 5.79 Å². The van der Waals surface area contributed by atoms with E-state index in [-0.39, 0.29) is 23.5 Å². The van der Waals surface area contributed by atoms with E-state index in [9.17, 15) is 4.79 Å². The zero-order valence-electron chi connectivity index (χ0n) is 11.7. The number of ether oxygens (including phenoxy) is 2. The summed E-state index contributed by atoms with van der Waals surface area (Å²) in [5.41, 5.74) is 2.41. The molecule has 1 saturated heterocycles. The maximum atomic E-state index is 12.9. The summed E-state index contributed by atoms with van der Waals surface area (Å²) in [6.07, 6.45) is 2.20. The first-order valence-corrected chi connectivity index (χ1v) is 7.15. The Morgan fingerprint density at radius 3 is 2.75 bits per heavy atom. The van der Waals surface area contributed by atoms with Gasteiger partial charge in [-0.25, -0.2) is 0 Å². The molecule has 1 aromatic rings. The molecule has 0 N–H and O–H groups in total. The van der Waals surface area contributed by atoms with Crippen molar-refractivity contribution in [3.05, 3.63) is 47.5 Å². The lowest BCUT2D eigenvalue weighted by atomic mass is 9.56. The summed E-state index contributed by atoms with van der Waals surface area (Å²) in [5, 5.41) is 0. The molecule has 3 nitrogen and oxygen atoms in total. The molecule has 1 aromatic carbocycles. The summed E-state index contributed by atoms with van der Waals surface area (Å²) in [6.45, 7) is 2.66. The topological polar surface area (TPSA) is 35.5 Å². The lowest BCUT2D eigenvalue weighted by Gasteiger charge is -2.48. The van der Waals surface area contributed by atoms with Crippen LogP contribution in [0.2, 0.25) is 0 Å². The summed E-state index contributed by atoms with van der Waals surface area (Å²) >= 11 is 0. The molecule has 4 bridgehead atoms. The molecule has 1 saturated carbocycles. The number of rotatable bonds is 2. The number of hydrogen-bond donors (Lipinski definition) is 0. The Morgan fingerprint density at radius 1 is 1.30 bits per heavy atom. The third-order valence-corrected chi connectivity index (χ3v) is 5.26. The molecule has 20 heavy (non-hydrogen) atoms. The van der Waals surface area contributed by atoms with Crippen molar-refractivity contribution in [2.24, 2.45) is 17.8 Å². The Bertz CT molecular complexity index is 592. The fraction of sp³-hybridized carbons (Fsp3) is 0.471. The molecule has 5 atom stereocenters. The van der Waals surface area contributed by atoms with Gasteiger partial charge in [-0.15, -0.1) is 0 Å². The second kappa shape index (κ2) is 4.03. The summed E-state index contributed by atoms with van der Waals surface area (Å²) < 4.78 is 11.4. The van der Waals surface area contributed by atoms with Crippen LogP contribution in [-0.2, 0) is 14.3 Å². The molecule has 0 amide bonds. The lowest BCUT2D eigenvalue weighted by Crippen LogP contribution is -2.58. The number of Topliss-reactive ketones (excluding diaryl/α,β-unsaturated/α-hetero) is 1. The molecule has 4 aliphatic rings. The summed E-state index contributed by atoms with van der Waals surface area (Å²) in [6, 6.07) is 10.3. The van der Waals surface area contributed by atoms with Gasteiger partial charge in [0.15, 0.2) is 5.78 Å². The van der Waals surface area contributed by atoms with Crippen molar-refractivity contribution >= 4 is 5.78 Å². The van der Waals surface area contributed by atoms with Crippen molar-refractivity contribution in [1.29, 1.82) is 0 Å². The Labute approximate surface area is 118 Å². The van der Waals surface area contributed by atoms with E-state index in [1.54, 1.807) is 7.11 Å². The maximum absolute atomic E-state index is 12.9. The number of methoxy groups -OCH3 is 1. The van der Waals surface area contributed by atoms with Crippen LogP contribution in [0.15, 0.2) is 42.0 Å². The first-order chi connectivity index (χ1) is 9.69. The molecule has 1 heterocycles. The van der Waals surface area contributed by atoms with Crippen molar-refractivity contribution in [3.8, 4) is 0 Å². The minimum Gasteiger partial charge on any atom is -0.347 e. The highest BCUT2D eigenvalue weighted by atomic mass is 16.7. The molecule has 0 spiro atoms. The molecule has 1 aliphatic heterocycles. The average molecular weight is 270 g/mol. The average Bonchev–Trinajstić information content (AvgIpc) is 2.80. The van der Waals surface area contributed by atoms with Gasteiger partial charge in [0.25, 0.3) is 0 Å². The highest BCUT2D eigenvalue weighted by Crippen LogP contribution is 2.59. The molecular formula is C17H18O3. The zero-order valence-corrected chi connectivity index (χ0v) is 11.7. The van der Waals surface area contributed by atoms with Crippen LogP contribution >= 0.6 is 0 Å². The summed E-state index contributed by atoms with van der Waals surface area (Å²) in [7, 11) is 1.58. The van der Waals surface area contributed by atoms with Gasteiger partial charge in [-0.3, -0.25) is 4.79 Å². The first kappa shape index (κ1) is 12.3. The Balaban J connectivity index is 1.87. The van der Waals surface area contributed by atoms with Gasteiger partial charge in [-0.05, 0) is 12.5 Å². The highest BCUT2D eigenvalue weighted by Gasteiger charge is 2.67. The second-order valence-electron chi connectivity index (χ2n) is 6.06. The SMILES string of the molecule is CO[C@@]12OC[C@H]3[C@H](c4ccccc4)[C@H](C1=O)C(C)=C[C@@H]32. The number of ketones is 1. The number of carbonyl (C=O) groups excluding carboxylic acids is 1.